The first kappa shape index (κ1) is 18.0. The minimum absolute atomic E-state index is 0.327. The molecular weight excluding hydrogens is 336 g/mol. The number of H-pyrrole nitrogens is 1. The summed E-state index contributed by atoms with van der Waals surface area (Å²) in [6.45, 7) is 3.25. The fourth-order valence-corrected chi connectivity index (χ4v) is 3.45. The van der Waals surface area contributed by atoms with Crippen LogP contribution in [0.4, 0.5) is 5.69 Å². The molecule has 1 aromatic heterocycles. The largest absolute Gasteiger partial charge is 0.506 e. The number of rotatable bonds is 4. The van der Waals surface area contributed by atoms with Crippen LogP contribution in [-0.2, 0) is 6.42 Å². The van der Waals surface area contributed by atoms with Crippen LogP contribution in [0, 0.1) is 0 Å². The Hall–Kier alpha value is -2.80. The van der Waals surface area contributed by atoms with Gasteiger partial charge in [-0.15, -0.1) is 0 Å². The number of aromatic amines is 1. The van der Waals surface area contributed by atoms with Gasteiger partial charge in [0, 0.05) is 24.3 Å². The zero-order valence-electron chi connectivity index (χ0n) is 14.5. The Balaban J connectivity index is 1.99. The summed E-state index contributed by atoms with van der Waals surface area (Å²) in [7, 11) is 0. The summed E-state index contributed by atoms with van der Waals surface area (Å²) in [5.74, 6) is -1.94. The number of carbonyl (C=O) groups is 1. The van der Waals surface area contributed by atoms with E-state index in [4.69, 9.17) is 5.11 Å². The molecule has 1 aromatic carbocycles. The molecule has 7 nitrogen and oxygen atoms in total. The van der Waals surface area contributed by atoms with Gasteiger partial charge in [-0.25, -0.2) is 4.79 Å². The van der Waals surface area contributed by atoms with E-state index in [1.165, 1.54) is 0 Å². The molecule has 7 heteroatoms. The number of nitrogens with one attached hydrogen (secondary N) is 1. The highest BCUT2D eigenvalue weighted by molar-refractivity contribution is 5.92. The molecule has 0 unspecified atom stereocenters. The number of β-amino-alcohol motifs (C(OH)–C–C–N with tert-alkyl or cyclic N) is 1. The summed E-state index contributed by atoms with van der Waals surface area (Å²) in [4.78, 5) is 28.0. The van der Waals surface area contributed by atoms with E-state index < -0.39 is 22.8 Å². The van der Waals surface area contributed by atoms with E-state index >= 15 is 0 Å². The summed E-state index contributed by atoms with van der Waals surface area (Å²) < 4.78 is 0. The van der Waals surface area contributed by atoms with E-state index in [9.17, 15) is 19.8 Å². The van der Waals surface area contributed by atoms with Crippen molar-refractivity contribution >= 4 is 11.7 Å². The standard InChI is InChI=1S/C19H22N2O5/c1-2-14-16(20-18(24)15(17(14)23)19(25)26)11-5-7-12(8-6-11)21-9-3-4-13(22)10-21/h5-8,13,22H,2-4,9-10H2,1H3,(H,25,26)(H2,20,23,24)/t13-/m1/s1. The number of aliphatic hydroxyl groups is 1. The molecule has 0 radical (unpaired) electrons. The van der Waals surface area contributed by atoms with Crippen LogP contribution < -0.4 is 10.5 Å². The van der Waals surface area contributed by atoms with Gasteiger partial charge >= 0.3 is 5.97 Å². The van der Waals surface area contributed by atoms with Crippen LogP contribution in [0.25, 0.3) is 11.3 Å². The molecule has 0 bridgehead atoms. The van der Waals surface area contributed by atoms with Crippen molar-refractivity contribution in [2.24, 2.45) is 0 Å². The molecular formula is C19H22N2O5. The number of pyridine rings is 1. The first-order valence-electron chi connectivity index (χ1n) is 8.67. The molecule has 0 spiro atoms. The van der Waals surface area contributed by atoms with E-state index in [1.54, 1.807) is 6.92 Å². The molecule has 2 heterocycles. The summed E-state index contributed by atoms with van der Waals surface area (Å²) in [5, 5.41) is 29.2. The van der Waals surface area contributed by atoms with Crippen LogP contribution in [0.5, 0.6) is 5.75 Å². The number of piperidine rings is 1. The van der Waals surface area contributed by atoms with E-state index in [0.717, 1.165) is 25.1 Å². The van der Waals surface area contributed by atoms with Crippen molar-refractivity contribution in [2.75, 3.05) is 18.0 Å². The molecule has 3 rings (SSSR count). The number of anilines is 1. The molecule has 1 aliphatic heterocycles. The number of aromatic hydroxyl groups is 1. The molecule has 1 fully saturated rings. The van der Waals surface area contributed by atoms with Gasteiger partial charge in [-0.3, -0.25) is 4.79 Å². The fraction of sp³-hybridized carbons (Fsp3) is 0.368. The molecule has 138 valence electrons. The lowest BCUT2D eigenvalue weighted by molar-refractivity contribution is 0.0691. The fourth-order valence-electron chi connectivity index (χ4n) is 3.45. The lowest BCUT2D eigenvalue weighted by atomic mass is 10.00. The topological polar surface area (TPSA) is 114 Å². The van der Waals surface area contributed by atoms with E-state index in [-0.39, 0.29) is 6.10 Å². The van der Waals surface area contributed by atoms with Gasteiger partial charge in [-0.1, -0.05) is 19.1 Å². The van der Waals surface area contributed by atoms with Crippen molar-refractivity contribution in [3.8, 4) is 17.0 Å². The average Bonchev–Trinajstić information content (AvgIpc) is 2.61. The molecule has 0 aliphatic carbocycles. The predicted molar refractivity (Wildman–Crippen MR) is 98.0 cm³/mol. The molecule has 2 aromatic rings. The van der Waals surface area contributed by atoms with Crippen LogP contribution >= 0.6 is 0 Å². The Morgan fingerprint density at radius 1 is 1.31 bits per heavy atom. The maximum absolute atomic E-state index is 12.1. The summed E-state index contributed by atoms with van der Waals surface area (Å²) in [6, 6.07) is 7.43. The van der Waals surface area contributed by atoms with Crippen molar-refractivity contribution in [1.29, 1.82) is 0 Å². The maximum atomic E-state index is 12.1. The third kappa shape index (κ3) is 3.30. The van der Waals surface area contributed by atoms with Gasteiger partial charge in [0.25, 0.3) is 5.56 Å². The molecule has 4 N–H and O–H groups in total. The quantitative estimate of drug-likeness (QED) is 0.664. The Labute approximate surface area is 150 Å². The minimum Gasteiger partial charge on any atom is -0.506 e. The van der Waals surface area contributed by atoms with Crippen LogP contribution in [0.3, 0.4) is 0 Å². The summed E-state index contributed by atoms with van der Waals surface area (Å²) in [6.07, 6.45) is 1.79. The molecule has 0 amide bonds. The second-order valence-corrected chi connectivity index (χ2v) is 6.48. The number of nitrogens with zero attached hydrogens (tertiary/aromatic N) is 1. The van der Waals surface area contributed by atoms with Crippen molar-refractivity contribution < 1.29 is 20.1 Å². The molecule has 1 aliphatic rings. The maximum Gasteiger partial charge on any atom is 0.345 e. The Bertz CT molecular complexity index is 873. The number of carboxylic acid groups (broad SMARTS) is 1. The molecule has 26 heavy (non-hydrogen) atoms. The third-order valence-corrected chi connectivity index (χ3v) is 4.78. The van der Waals surface area contributed by atoms with Crippen LogP contribution in [-0.4, -0.2) is 45.5 Å². The summed E-state index contributed by atoms with van der Waals surface area (Å²) in [5.41, 5.74) is 1.01. The first-order valence-corrected chi connectivity index (χ1v) is 8.67. The highest BCUT2D eigenvalue weighted by Gasteiger charge is 2.22. The van der Waals surface area contributed by atoms with Gasteiger partial charge in [0.1, 0.15) is 5.75 Å². The Kier molecular flexibility index (Phi) is 4.99. The van der Waals surface area contributed by atoms with Gasteiger partial charge in [0.05, 0.1) is 11.8 Å². The number of benzene rings is 1. The minimum atomic E-state index is -1.45. The smallest absolute Gasteiger partial charge is 0.345 e. The van der Waals surface area contributed by atoms with Gasteiger partial charge in [0.15, 0.2) is 5.56 Å². The number of aliphatic hydroxyl groups excluding tert-OH is 1. The predicted octanol–water partition coefficient (Wildman–Crippen LogP) is 1.97. The van der Waals surface area contributed by atoms with E-state index in [1.807, 2.05) is 24.3 Å². The lowest BCUT2D eigenvalue weighted by Gasteiger charge is -2.32. The first-order chi connectivity index (χ1) is 12.4. The number of carboxylic acids is 1. The monoisotopic (exact) mass is 358 g/mol. The number of hydrogen-bond donors (Lipinski definition) is 4. The Morgan fingerprint density at radius 3 is 2.58 bits per heavy atom. The van der Waals surface area contributed by atoms with E-state index in [2.05, 4.69) is 9.88 Å². The van der Waals surface area contributed by atoms with Crippen molar-refractivity contribution in [3.63, 3.8) is 0 Å². The molecule has 1 atom stereocenters. The highest BCUT2D eigenvalue weighted by atomic mass is 16.4. The highest BCUT2D eigenvalue weighted by Crippen LogP contribution is 2.31. The van der Waals surface area contributed by atoms with Crippen LogP contribution in [0.2, 0.25) is 0 Å². The average molecular weight is 358 g/mol. The summed E-state index contributed by atoms with van der Waals surface area (Å²) >= 11 is 0. The van der Waals surface area contributed by atoms with Crippen molar-refractivity contribution in [2.45, 2.75) is 32.3 Å². The van der Waals surface area contributed by atoms with E-state index in [0.29, 0.717) is 29.8 Å². The van der Waals surface area contributed by atoms with Gasteiger partial charge in [-0.05, 0) is 37.0 Å². The Morgan fingerprint density at radius 2 is 2.00 bits per heavy atom. The second-order valence-electron chi connectivity index (χ2n) is 6.48. The van der Waals surface area contributed by atoms with Crippen LogP contribution in [0.15, 0.2) is 29.1 Å². The number of hydrogen-bond acceptors (Lipinski definition) is 5. The number of aromatic carboxylic acids is 1. The third-order valence-electron chi connectivity index (χ3n) is 4.78. The van der Waals surface area contributed by atoms with Crippen molar-refractivity contribution in [1.82, 2.24) is 4.98 Å². The SMILES string of the molecule is CCc1c(-c2ccc(N3CCC[C@@H](O)C3)cc2)[nH]c(=O)c(C(=O)O)c1O. The lowest BCUT2D eigenvalue weighted by Crippen LogP contribution is -2.38. The van der Waals surface area contributed by atoms with Gasteiger partial charge in [0.2, 0.25) is 0 Å². The zero-order chi connectivity index (χ0) is 18.8. The van der Waals surface area contributed by atoms with Crippen LogP contribution in [0.1, 0.15) is 35.7 Å². The normalized spacial score (nSPS) is 17.3. The van der Waals surface area contributed by atoms with Crippen molar-refractivity contribution in [3.05, 3.63) is 45.7 Å². The molecule has 0 saturated carbocycles. The van der Waals surface area contributed by atoms with Gasteiger partial charge in [-0.2, -0.15) is 0 Å². The number of aromatic nitrogens is 1. The molecule has 1 saturated heterocycles. The second kappa shape index (κ2) is 7.21. The zero-order valence-corrected chi connectivity index (χ0v) is 14.5. The van der Waals surface area contributed by atoms with Gasteiger partial charge < -0.3 is 25.2 Å².